The largest absolute Gasteiger partial charge is 0.508 e. The smallest absolute Gasteiger partial charge is 0.343 e. The van der Waals surface area contributed by atoms with Crippen LogP contribution in [0.4, 0.5) is 0 Å². The fraction of sp³-hybridized carbons (Fsp3) is 0.515. The van der Waals surface area contributed by atoms with E-state index in [0.717, 1.165) is 50.3 Å². The fourth-order valence-electron chi connectivity index (χ4n) is 6.79. The number of hydrogen-bond donors (Lipinski definition) is 2. The zero-order valence-corrected chi connectivity index (χ0v) is 25.1. The maximum Gasteiger partial charge on any atom is 0.343 e. The summed E-state index contributed by atoms with van der Waals surface area (Å²) in [6.45, 7) is 5.60. The average Bonchev–Trinajstić information content (AvgIpc) is 3.47. The molecule has 234 valence electrons. The van der Waals surface area contributed by atoms with Crippen LogP contribution in [-0.2, 0) is 20.7 Å². The molecule has 0 bridgehead atoms. The molecule has 0 saturated carbocycles. The van der Waals surface area contributed by atoms with E-state index < -0.39 is 5.92 Å². The third-order valence-electron chi connectivity index (χ3n) is 9.37. The van der Waals surface area contributed by atoms with Gasteiger partial charge in [0.1, 0.15) is 5.75 Å². The van der Waals surface area contributed by atoms with Crippen LogP contribution in [-0.4, -0.2) is 105 Å². The van der Waals surface area contributed by atoms with Crippen LogP contribution in [0.1, 0.15) is 43.7 Å². The summed E-state index contributed by atoms with van der Waals surface area (Å²) in [4.78, 5) is 49.3. The van der Waals surface area contributed by atoms with E-state index in [4.69, 9.17) is 4.74 Å². The molecule has 0 unspecified atom stereocenters. The Morgan fingerprint density at radius 3 is 2.23 bits per heavy atom. The summed E-state index contributed by atoms with van der Waals surface area (Å²) in [6, 6.07) is 16.8. The maximum atomic E-state index is 13.9. The number of carbonyl (C=O) groups is 2. The summed E-state index contributed by atoms with van der Waals surface area (Å²) in [5.74, 6) is 0.206. The van der Waals surface area contributed by atoms with Gasteiger partial charge in [0.2, 0.25) is 11.8 Å². The minimum Gasteiger partial charge on any atom is -0.508 e. The minimum atomic E-state index is -0.484. The van der Waals surface area contributed by atoms with Gasteiger partial charge in [-0.15, -0.1) is 5.10 Å². The Labute approximate surface area is 257 Å². The molecule has 11 nitrogen and oxygen atoms in total. The van der Waals surface area contributed by atoms with Gasteiger partial charge < -0.3 is 19.6 Å². The lowest BCUT2D eigenvalue weighted by atomic mass is 9.93. The van der Waals surface area contributed by atoms with Crippen molar-refractivity contribution in [2.24, 2.45) is 5.92 Å². The molecule has 0 radical (unpaired) electrons. The number of ether oxygens (including phenoxy) is 1. The Morgan fingerprint density at radius 1 is 0.864 bits per heavy atom. The summed E-state index contributed by atoms with van der Waals surface area (Å²) in [7, 11) is 0. The first-order chi connectivity index (χ1) is 21.4. The Morgan fingerprint density at radius 2 is 1.55 bits per heavy atom. The Kier molecular flexibility index (Phi) is 9.42. The second kappa shape index (κ2) is 13.8. The van der Waals surface area contributed by atoms with Gasteiger partial charge in [-0.1, -0.05) is 42.5 Å². The van der Waals surface area contributed by atoms with E-state index in [9.17, 15) is 19.5 Å². The molecule has 3 saturated heterocycles. The fourth-order valence-corrected chi connectivity index (χ4v) is 6.79. The summed E-state index contributed by atoms with van der Waals surface area (Å²) in [5, 5.41) is 14.3. The number of rotatable bonds is 8. The van der Waals surface area contributed by atoms with Crippen LogP contribution in [0.25, 0.3) is 11.4 Å². The van der Waals surface area contributed by atoms with Gasteiger partial charge in [-0.3, -0.25) is 19.5 Å². The molecule has 3 aliphatic rings. The van der Waals surface area contributed by atoms with Gasteiger partial charge in [-0.25, -0.2) is 9.48 Å². The predicted octanol–water partition coefficient (Wildman–Crippen LogP) is 2.68. The molecule has 1 aromatic heterocycles. The van der Waals surface area contributed by atoms with E-state index in [2.05, 4.69) is 15.0 Å². The second-order valence-electron chi connectivity index (χ2n) is 12.2. The van der Waals surface area contributed by atoms with Crippen molar-refractivity contribution >= 4 is 11.8 Å². The van der Waals surface area contributed by atoms with E-state index in [0.29, 0.717) is 57.3 Å². The zero-order chi connectivity index (χ0) is 30.5. The number of piperazine rings is 1. The number of benzene rings is 2. The molecule has 6 rings (SSSR count). The normalized spacial score (nSPS) is 19.6. The number of aromatic hydroxyl groups is 1. The van der Waals surface area contributed by atoms with Gasteiger partial charge >= 0.3 is 5.69 Å². The van der Waals surface area contributed by atoms with Crippen LogP contribution in [0, 0.1) is 5.92 Å². The van der Waals surface area contributed by atoms with E-state index in [-0.39, 0.29) is 35.7 Å². The van der Waals surface area contributed by atoms with Crippen molar-refractivity contribution in [3.05, 3.63) is 70.6 Å². The highest BCUT2D eigenvalue weighted by atomic mass is 16.5. The Balaban J connectivity index is 1.08. The number of amides is 2. The molecular weight excluding hydrogens is 560 g/mol. The number of H-pyrrole nitrogens is 1. The van der Waals surface area contributed by atoms with E-state index >= 15 is 0 Å². The summed E-state index contributed by atoms with van der Waals surface area (Å²) in [5.41, 5.74) is 1.52. The molecule has 0 aliphatic carbocycles. The van der Waals surface area contributed by atoms with Crippen LogP contribution in [0.2, 0.25) is 0 Å². The van der Waals surface area contributed by atoms with Crippen molar-refractivity contribution in [3.8, 4) is 17.1 Å². The van der Waals surface area contributed by atoms with Crippen LogP contribution >= 0.6 is 0 Å². The monoisotopic (exact) mass is 602 g/mol. The number of aromatic amines is 1. The first-order valence-electron chi connectivity index (χ1n) is 15.8. The highest BCUT2D eigenvalue weighted by Crippen LogP contribution is 2.26. The highest BCUT2D eigenvalue weighted by molar-refractivity contribution is 5.86. The molecular formula is C33H42N6O5. The molecule has 44 heavy (non-hydrogen) atoms. The number of carbonyl (C=O) groups excluding carboxylic acids is 2. The van der Waals surface area contributed by atoms with Crippen molar-refractivity contribution < 1.29 is 19.4 Å². The Hall–Kier alpha value is -3.96. The molecule has 2 amide bonds. The van der Waals surface area contributed by atoms with Gasteiger partial charge in [0, 0.05) is 70.5 Å². The van der Waals surface area contributed by atoms with Gasteiger partial charge in [0.05, 0.1) is 12.0 Å². The number of nitrogens with zero attached hydrogens (tertiary/aromatic N) is 5. The van der Waals surface area contributed by atoms with E-state index in [1.54, 1.807) is 12.1 Å². The molecule has 3 aromatic rings. The third kappa shape index (κ3) is 7.05. The molecule has 1 atom stereocenters. The van der Waals surface area contributed by atoms with E-state index in [1.807, 2.05) is 52.3 Å². The quantitative estimate of drug-likeness (QED) is 0.406. The van der Waals surface area contributed by atoms with Crippen LogP contribution in [0.3, 0.4) is 0 Å². The lowest BCUT2D eigenvalue weighted by Crippen LogP contribution is -2.54. The summed E-state index contributed by atoms with van der Waals surface area (Å²) in [6.07, 6.45) is 3.87. The zero-order valence-electron chi connectivity index (χ0n) is 25.1. The van der Waals surface area contributed by atoms with Crippen molar-refractivity contribution in [1.82, 2.24) is 29.5 Å². The first-order valence-corrected chi connectivity index (χ1v) is 15.8. The van der Waals surface area contributed by atoms with E-state index in [1.165, 1.54) is 4.68 Å². The van der Waals surface area contributed by atoms with Gasteiger partial charge in [0.25, 0.3) is 0 Å². The van der Waals surface area contributed by atoms with Crippen molar-refractivity contribution in [2.45, 2.75) is 50.6 Å². The molecule has 11 heteroatoms. The SMILES string of the molecule is O=C(C[C@H](Cc1ccc(O)cc1)C(=O)N1CCN(C2CCOCC2)CC1)N1CCC(n2nc(-c3ccccc3)[nH]c2=O)CC1. The first kappa shape index (κ1) is 30.1. The van der Waals surface area contributed by atoms with Gasteiger partial charge in [-0.2, -0.15) is 0 Å². The molecule has 4 heterocycles. The lowest BCUT2D eigenvalue weighted by molar-refractivity contribution is -0.143. The minimum absolute atomic E-state index is 0.0180. The average molecular weight is 603 g/mol. The number of piperidine rings is 1. The van der Waals surface area contributed by atoms with Crippen LogP contribution < -0.4 is 5.69 Å². The summed E-state index contributed by atoms with van der Waals surface area (Å²) < 4.78 is 7.04. The predicted molar refractivity (Wildman–Crippen MR) is 165 cm³/mol. The van der Waals surface area contributed by atoms with Crippen molar-refractivity contribution in [1.29, 1.82) is 0 Å². The van der Waals surface area contributed by atoms with Gasteiger partial charge in [0.15, 0.2) is 5.82 Å². The van der Waals surface area contributed by atoms with Crippen LogP contribution in [0.15, 0.2) is 59.4 Å². The Bertz CT molecular complexity index is 1450. The second-order valence-corrected chi connectivity index (χ2v) is 12.2. The number of phenols is 1. The number of aromatic nitrogens is 3. The number of phenolic OH excluding ortho intramolecular Hbond substituents is 1. The highest BCUT2D eigenvalue weighted by Gasteiger charge is 2.34. The number of nitrogens with one attached hydrogen (secondary N) is 1. The molecule has 2 aromatic carbocycles. The standard InChI is InChI=1S/C33H42N6O5/c40-29-8-6-24(7-9-29)22-26(32(42)38-18-16-36(17-19-38)27-12-20-44-21-13-27)23-30(41)37-14-10-28(11-15-37)39-33(43)34-31(35-39)25-4-2-1-3-5-25/h1-9,26-28,40H,10-23H2,(H,34,35,43)/t26-/m0/s1. The van der Waals surface area contributed by atoms with Gasteiger partial charge in [-0.05, 0) is 49.8 Å². The molecule has 2 N–H and O–H groups in total. The molecule has 3 aliphatic heterocycles. The van der Waals surface area contributed by atoms with Crippen molar-refractivity contribution in [2.75, 3.05) is 52.5 Å². The molecule has 0 spiro atoms. The number of likely N-dealkylation sites (tertiary alicyclic amines) is 1. The number of hydrogen-bond acceptors (Lipinski definition) is 7. The van der Waals surface area contributed by atoms with Crippen molar-refractivity contribution in [3.63, 3.8) is 0 Å². The van der Waals surface area contributed by atoms with Crippen LogP contribution in [0.5, 0.6) is 5.75 Å². The summed E-state index contributed by atoms with van der Waals surface area (Å²) >= 11 is 0. The maximum absolute atomic E-state index is 13.9. The lowest BCUT2D eigenvalue weighted by Gasteiger charge is -2.41. The molecule has 3 fully saturated rings. The third-order valence-corrected chi connectivity index (χ3v) is 9.37. The topological polar surface area (TPSA) is 124 Å².